The number of amides is 1. The van der Waals surface area contributed by atoms with Crippen LogP contribution in [0.15, 0.2) is 27.5 Å². The van der Waals surface area contributed by atoms with Crippen LogP contribution in [0, 0.1) is 13.8 Å². The third kappa shape index (κ3) is 3.16. The molecule has 1 aromatic heterocycles. The highest BCUT2D eigenvalue weighted by molar-refractivity contribution is 5.97. The van der Waals surface area contributed by atoms with Gasteiger partial charge in [0.25, 0.3) is 11.5 Å². The van der Waals surface area contributed by atoms with Crippen LogP contribution in [0.4, 0.5) is 5.69 Å². The van der Waals surface area contributed by atoms with E-state index < -0.39 is 0 Å². The van der Waals surface area contributed by atoms with Gasteiger partial charge in [0.2, 0.25) is 0 Å². The summed E-state index contributed by atoms with van der Waals surface area (Å²) in [5.41, 5.74) is 2.53. The van der Waals surface area contributed by atoms with Crippen LogP contribution in [0.2, 0.25) is 0 Å². The van der Waals surface area contributed by atoms with Crippen molar-refractivity contribution in [1.82, 2.24) is 10.5 Å². The first-order valence-electron chi connectivity index (χ1n) is 6.83. The zero-order chi connectivity index (χ0) is 15.4. The molecule has 3 N–H and O–H groups in total. The van der Waals surface area contributed by atoms with Gasteiger partial charge in [-0.05, 0) is 38.5 Å². The van der Waals surface area contributed by atoms with Gasteiger partial charge in [0.05, 0.1) is 12.1 Å². The molecule has 0 aliphatic carbocycles. The summed E-state index contributed by atoms with van der Waals surface area (Å²) in [5.74, 6) is 0.269. The van der Waals surface area contributed by atoms with Crippen LogP contribution in [0.3, 0.4) is 0 Å². The fraction of sp³-hybridized carbons (Fsp3) is 0.333. The number of aromatic nitrogens is 1. The molecule has 0 saturated heterocycles. The molecule has 0 saturated carbocycles. The Morgan fingerprint density at radius 1 is 1.33 bits per heavy atom. The molecule has 21 heavy (non-hydrogen) atoms. The molecule has 6 heteroatoms. The van der Waals surface area contributed by atoms with E-state index in [4.69, 9.17) is 4.52 Å². The molecule has 0 radical (unpaired) electrons. The molecule has 0 aliphatic heterocycles. The molecule has 0 fully saturated rings. The molecule has 0 bridgehead atoms. The van der Waals surface area contributed by atoms with Gasteiger partial charge < -0.3 is 15.2 Å². The van der Waals surface area contributed by atoms with E-state index in [0.717, 1.165) is 17.8 Å². The van der Waals surface area contributed by atoms with Gasteiger partial charge >= 0.3 is 0 Å². The van der Waals surface area contributed by atoms with E-state index >= 15 is 0 Å². The number of rotatable bonds is 5. The number of hydrogen-bond acceptors (Lipinski definition) is 4. The van der Waals surface area contributed by atoms with Crippen LogP contribution in [0.1, 0.15) is 34.2 Å². The number of aromatic amines is 1. The van der Waals surface area contributed by atoms with E-state index in [2.05, 4.69) is 15.8 Å². The lowest BCUT2D eigenvalue weighted by Gasteiger charge is -2.12. The number of nitrogens with one attached hydrogen (secondary N) is 3. The van der Waals surface area contributed by atoms with Crippen molar-refractivity contribution >= 4 is 11.6 Å². The van der Waals surface area contributed by atoms with Gasteiger partial charge in [0, 0.05) is 17.8 Å². The van der Waals surface area contributed by atoms with Gasteiger partial charge in [-0.2, -0.15) is 5.16 Å². The molecule has 1 heterocycles. The fourth-order valence-electron chi connectivity index (χ4n) is 2.14. The molecule has 0 aliphatic rings. The van der Waals surface area contributed by atoms with Crippen molar-refractivity contribution in [2.45, 2.75) is 27.3 Å². The summed E-state index contributed by atoms with van der Waals surface area (Å²) >= 11 is 0. The zero-order valence-electron chi connectivity index (χ0n) is 12.4. The fourth-order valence-corrected chi connectivity index (χ4v) is 2.14. The Morgan fingerprint density at radius 3 is 2.71 bits per heavy atom. The summed E-state index contributed by atoms with van der Waals surface area (Å²) in [6.45, 7) is 6.50. The minimum Gasteiger partial charge on any atom is -0.385 e. The quantitative estimate of drug-likeness (QED) is 0.785. The molecule has 0 unspecified atom stereocenters. The first-order chi connectivity index (χ1) is 10.0. The van der Waals surface area contributed by atoms with Gasteiger partial charge in [-0.1, -0.05) is 6.07 Å². The first kappa shape index (κ1) is 14.9. The summed E-state index contributed by atoms with van der Waals surface area (Å²) in [6, 6.07) is 5.52. The largest absolute Gasteiger partial charge is 0.385 e. The summed E-state index contributed by atoms with van der Waals surface area (Å²) < 4.78 is 4.91. The lowest BCUT2D eigenvalue weighted by Crippen LogP contribution is -2.26. The summed E-state index contributed by atoms with van der Waals surface area (Å²) in [6.07, 6.45) is 0. The molecule has 6 nitrogen and oxygen atoms in total. The van der Waals surface area contributed by atoms with Gasteiger partial charge in [-0.3, -0.25) is 9.59 Å². The smallest absolute Gasteiger partial charge is 0.285 e. The molecule has 0 spiro atoms. The van der Waals surface area contributed by atoms with Crippen molar-refractivity contribution in [1.29, 1.82) is 0 Å². The van der Waals surface area contributed by atoms with Gasteiger partial charge in [-0.15, -0.1) is 0 Å². The topological polar surface area (TPSA) is 87.1 Å². The van der Waals surface area contributed by atoms with Gasteiger partial charge in [0.1, 0.15) is 5.76 Å². The van der Waals surface area contributed by atoms with E-state index in [1.165, 1.54) is 0 Å². The second-order valence-electron chi connectivity index (χ2n) is 4.76. The Balaban J connectivity index is 2.14. The van der Waals surface area contributed by atoms with E-state index in [9.17, 15) is 9.59 Å². The number of carbonyl (C=O) groups is 1. The van der Waals surface area contributed by atoms with Gasteiger partial charge in [0.15, 0.2) is 0 Å². The number of carbonyl (C=O) groups excluding carboxylic acids is 1. The Morgan fingerprint density at radius 2 is 2.10 bits per heavy atom. The van der Waals surface area contributed by atoms with Crippen LogP contribution >= 0.6 is 0 Å². The molecular formula is C15H19N3O3. The molecule has 112 valence electrons. The average Bonchev–Trinajstić information content (AvgIpc) is 2.78. The van der Waals surface area contributed by atoms with E-state index in [-0.39, 0.29) is 18.0 Å². The average molecular weight is 289 g/mol. The first-order valence-corrected chi connectivity index (χ1v) is 6.83. The molecule has 1 amide bonds. The number of H-pyrrole nitrogens is 1. The Hall–Kier alpha value is -2.50. The maximum atomic E-state index is 12.3. The summed E-state index contributed by atoms with van der Waals surface area (Å²) in [5, 5.41) is 8.20. The minimum atomic E-state index is -0.314. The van der Waals surface area contributed by atoms with E-state index in [1.54, 1.807) is 13.0 Å². The van der Waals surface area contributed by atoms with Crippen molar-refractivity contribution in [3.63, 3.8) is 0 Å². The molecule has 2 rings (SSSR count). The number of benzene rings is 1. The zero-order valence-corrected chi connectivity index (χ0v) is 12.4. The maximum absolute atomic E-state index is 12.3. The highest BCUT2D eigenvalue weighted by atomic mass is 16.5. The normalized spacial score (nSPS) is 10.4. The molecule has 1 aromatic carbocycles. The lowest BCUT2D eigenvalue weighted by atomic mass is 10.1. The third-order valence-corrected chi connectivity index (χ3v) is 3.37. The standard InChI is InChI=1S/C15H19N3O3/c1-4-16-13-7-5-6-11(9(13)2)14(19)17-8-12-10(3)21-18-15(12)20/h5-7,16H,4,8H2,1-3H3,(H,17,19)(H,18,20). The minimum absolute atomic E-state index is 0.140. The second-order valence-corrected chi connectivity index (χ2v) is 4.76. The Labute approximate surface area is 122 Å². The van der Waals surface area contributed by atoms with Crippen LogP contribution in [0.5, 0.6) is 0 Å². The van der Waals surface area contributed by atoms with Crippen molar-refractivity contribution in [3.05, 3.63) is 51.0 Å². The van der Waals surface area contributed by atoms with Crippen LogP contribution in [-0.2, 0) is 6.54 Å². The van der Waals surface area contributed by atoms with Crippen molar-refractivity contribution in [3.8, 4) is 0 Å². The SMILES string of the molecule is CCNc1cccc(C(=O)NCc2c(C)o[nH]c2=O)c1C. The maximum Gasteiger partial charge on any atom is 0.285 e. The number of aryl methyl sites for hydroxylation is 1. The van der Waals surface area contributed by atoms with Crippen LogP contribution in [-0.4, -0.2) is 17.6 Å². The van der Waals surface area contributed by atoms with Crippen LogP contribution < -0.4 is 16.2 Å². The van der Waals surface area contributed by atoms with E-state index in [0.29, 0.717) is 16.9 Å². The second kappa shape index (κ2) is 6.30. The van der Waals surface area contributed by atoms with Crippen molar-refractivity contribution < 1.29 is 9.32 Å². The van der Waals surface area contributed by atoms with Gasteiger partial charge in [-0.25, -0.2) is 0 Å². The highest BCUT2D eigenvalue weighted by Crippen LogP contribution is 2.18. The Bertz CT molecular complexity index is 700. The Kier molecular flexibility index (Phi) is 4.47. The van der Waals surface area contributed by atoms with Crippen LogP contribution in [0.25, 0.3) is 0 Å². The number of anilines is 1. The lowest BCUT2D eigenvalue weighted by molar-refractivity contribution is 0.0950. The summed E-state index contributed by atoms with van der Waals surface area (Å²) in [4.78, 5) is 23.7. The summed E-state index contributed by atoms with van der Waals surface area (Å²) in [7, 11) is 0. The van der Waals surface area contributed by atoms with Crippen molar-refractivity contribution in [2.75, 3.05) is 11.9 Å². The molecule has 0 atom stereocenters. The number of hydrogen-bond donors (Lipinski definition) is 3. The predicted octanol–water partition coefficient (Wildman–Crippen LogP) is 1.95. The third-order valence-electron chi connectivity index (χ3n) is 3.37. The van der Waals surface area contributed by atoms with E-state index in [1.807, 2.05) is 26.0 Å². The predicted molar refractivity (Wildman–Crippen MR) is 80.6 cm³/mol. The molecular weight excluding hydrogens is 270 g/mol. The monoisotopic (exact) mass is 289 g/mol. The van der Waals surface area contributed by atoms with Crippen molar-refractivity contribution in [2.24, 2.45) is 0 Å². The molecule has 2 aromatic rings. The highest BCUT2D eigenvalue weighted by Gasteiger charge is 2.14.